The van der Waals surface area contributed by atoms with Crippen molar-refractivity contribution in [3.63, 3.8) is 0 Å². The Morgan fingerprint density at radius 2 is 2.00 bits per heavy atom. The Morgan fingerprint density at radius 1 is 1.21 bits per heavy atom. The molecule has 0 bridgehead atoms. The quantitative estimate of drug-likeness (QED) is 0.689. The van der Waals surface area contributed by atoms with E-state index in [1.807, 2.05) is 0 Å². The fourth-order valence-electron chi connectivity index (χ4n) is 1.53. The van der Waals surface area contributed by atoms with E-state index >= 15 is 0 Å². The molecule has 0 unspecified atom stereocenters. The van der Waals surface area contributed by atoms with E-state index in [1.165, 1.54) is 13.2 Å². The molecule has 2 aromatic rings. The molecule has 98 valence electrons. The van der Waals surface area contributed by atoms with Gasteiger partial charge >= 0.3 is 5.97 Å². The summed E-state index contributed by atoms with van der Waals surface area (Å²) in [5.74, 6) is 0.474. The Morgan fingerprint density at radius 3 is 2.68 bits per heavy atom. The van der Waals surface area contributed by atoms with Crippen molar-refractivity contribution in [1.82, 2.24) is 0 Å². The fraction of sp³-hybridized carbons (Fsp3) is 0.0714. The molecule has 5 heteroatoms. The maximum atomic E-state index is 11.4. The van der Waals surface area contributed by atoms with Crippen molar-refractivity contribution in [3.05, 3.63) is 53.1 Å². The lowest BCUT2D eigenvalue weighted by Gasteiger charge is -2.10. The van der Waals surface area contributed by atoms with Gasteiger partial charge in [-0.05, 0) is 36.4 Å². The molecule has 2 rings (SSSR count). The van der Waals surface area contributed by atoms with E-state index in [1.54, 1.807) is 36.4 Å². The highest BCUT2D eigenvalue weighted by atomic mass is 35.5. The number of hydrogen-bond donors (Lipinski definition) is 1. The van der Waals surface area contributed by atoms with Crippen LogP contribution >= 0.6 is 11.6 Å². The van der Waals surface area contributed by atoms with Gasteiger partial charge in [0.2, 0.25) is 0 Å². The van der Waals surface area contributed by atoms with Crippen LogP contribution in [-0.2, 0) is 4.74 Å². The number of halogens is 1. The summed E-state index contributed by atoms with van der Waals surface area (Å²) >= 11 is 5.87. The molecule has 0 saturated heterocycles. The molecular weight excluding hydrogens is 266 g/mol. The van der Waals surface area contributed by atoms with E-state index in [0.717, 1.165) is 0 Å². The number of carbonyl (C=O) groups is 1. The lowest BCUT2D eigenvalue weighted by molar-refractivity contribution is 0.0600. The van der Waals surface area contributed by atoms with Crippen LogP contribution in [0.2, 0.25) is 5.02 Å². The highest BCUT2D eigenvalue weighted by Crippen LogP contribution is 2.29. The van der Waals surface area contributed by atoms with Gasteiger partial charge in [0, 0.05) is 5.02 Å². The zero-order chi connectivity index (χ0) is 13.8. The van der Waals surface area contributed by atoms with Crippen LogP contribution in [0.5, 0.6) is 11.5 Å². The molecule has 2 N–H and O–H groups in total. The number of nitrogens with two attached hydrogens (primary N) is 1. The van der Waals surface area contributed by atoms with Gasteiger partial charge in [-0.3, -0.25) is 0 Å². The molecule has 0 radical (unpaired) electrons. The minimum atomic E-state index is -0.448. The molecular formula is C14H12ClNO3. The molecule has 0 aliphatic carbocycles. The van der Waals surface area contributed by atoms with Gasteiger partial charge in [0.25, 0.3) is 0 Å². The monoisotopic (exact) mass is 277 g/mol. The Kier molecular flexibility index (Phi) is 3.92. The Bertz CT molecular complexity index is 613. The summed E-state index contributed by atoms with van der Waals surface area (Å²) in [5, 5.41) is 0.556. The number of anilines is 1. The highest BCUT2D eigenvalue weighted by molar-refractivity contribution is 6.30. The molecule has 4 nitrogen and oxygen atoms in total. The summed E-state index contributed by atoms with van der Waals surface area (Å²) in [6.07, 6.45) is 0. The maximum absolute atomic E-state index is 11.4. The number of benzene rings is 2. The van der Waals surface area contributed by atoms with Crippen molar-refractivity contribution in [3.8, 4) is 11.5 Å². The van der Waals surface area contributed by atoms with Gasteiger partial charge in [0.1, 0.15) is 5.75 Å². The summed E-state index contributed by atoms with van der Waals surface area (Å²) in [6.45, 7) is 0. The second kappa shape index (κ2) is 5.63. The van der Waals surface area contributed by atoms with Crippen molar-refractivity contribution in [2.45, 2.75) is 0 Å². The molecule has 0 aromatic heterocycles. The lowest BCUT2D eigenvalue weighted by atomic mass is 10.2. The van der Waals surface area contributed by atoms with Crippen molar-refractivity contribution >= 4 is 23.3 Å². The van der Waals surface area contributed by atoms with Crippen LogP contribution in [0, 0.1) is 0 Å². The van der Waals surface area contributed by atoms with Crippen molar-refractivity contribution in [1.29, 1.82) is 0 Å². The second-order valence-corrected chi connectivity index (χ2v) is 4.24. The van der Waals surface area contributed by atoms with E-state index in [0.29, 0.717) is 27.8 Å². The van der Waals surface area contributed by atoms with Gasteiger partial charge in [-0.25, -0.2) is 4.79 Å². The van der Waals surface area contributed by atoms with Crippen molar-refractivity contribution in [2.24, 2.45) is 0 Å². The number of ether oxygens (including phenoxy) is 2. The minimum absolute atomic E-state index is 0.369. The third-order valence-electron chi connectivity index (χ3n) is 2.46. The first kappa shape index (κ1) is 13.2. The summed E-state index contributed by atoms with van der Waals surface area (Å²) in [5.41, 5.74) is 6.60. The second-order valence-electron chi connectivity index (χ2n) is 3.80. The normalized spacial score (nSPS) is 10.0. The SMILES string of the molecule is COC(=O)c1ccc(N)c(Oc2cccc(Cl)c2)c1. The molecule has 0 heterocycles. The van der Waals surface area contributed by atoms with Gasteiger partial charge in [-0.1, -0.05) is 17.7 Å². The van der Waals surface area contributed by atoms with Crippen LogP contribution in [0.1, 0.15) is 10.4 Å². The maximum Gasteiger partial charge on any atom is 0.337 e. The first-order valence-corrected chi connectivity index (χ1v) is 5.89. The molecule has 0 atom stereocenters. The van der Waals surface area contributed by atoms with Crippen molar-refractivity contribution < 1.29 is 14.3 Å². The lowest BCUT2D eigenvalue weighted by Crippen LogP contribution is -2.02. The van der Waals surface area contributed by atoms with Crippen LogP contribution in [0.15, 0.2) is 42.5 Å². The third kappa shape index (κ3) is 3.17. The molecule has 2 aromatic carbocycles. The zero-order valence-electron chi connectivity index (χ0n) is 10.2. The standard InChI is InChI=1S/C14H12ClNO3/c1-18-14(17)9-5-6-12(16)13(7-9)19-11-4-2-3-10(15)8-11/h2-8H,16H2,1H3. The van der Waals surface area contributed by atoms with Crippen LogP contribution in [0.25, 0.3) is 0 Å². The first-order chi connectivity index (χ1) is 9.10. The first-order valence-electron chi connectivity index (χ1n) is 5.51. The van der Waals surface area contributed by atoms with Gasteiger partial charge in [-0.15, -0.1) is 0 Å². The molecule has 0 aliphatic rings. The Hall–Kier alpha value is -2.20. The largest absolute Gasteiger partial charge is 0.465 e. The van der Waals surface area contributed by atoms with Crippen molar-refractivity contribution in [2.75, 3.05) is 12.8 Å². The number of nitrogen functional groups attached to an aromatic ring is 1. The van der Waals surface area contributed by atoms with Crippen LogP contribution < -0.4 is 10.5 Å². The Labute approximate surface area is 115 Å². The number of rotatable bonds is 3. The van der Waals surface area contributed by atoms with Crippen LogP contribution in [0.3, 0.4) is 0 Å². The average molecular weight is 278 g/mol. The summed E-state index contributed by atoms with van der Waals surface area (Å²) in [7, 11) is 1.32. The predicted octanol–water partition coefficient (Wildman–Crippen LogP) is 3.50. The smallest absolute Gasteiger partial charge is 0.337 e. The fourth-order valence-corrected chi connectivity index (χ4v) is 1.71. The number of hydrogen-bond acceptors (Lipinski definition) is 4. The van der Waals surface area contributed by atoms with Crippen LogP contribution in [0.4, 0.5) is 5.69 Å². The van der Waals surface area contributed by atoms with Gasteiger partial charge in [0.15, 0.2) is 5.75 Å². The number of carbonyl (C=O) groups excluding carboxylic acids is 1. The number of esters is 1. The van der Waals surface area contributed by atoms with E-state index in [-0.39, 0.29) is 0 Å². The molecule has 0 spiro atoms. The predicted molar refractivity (Wildman–Crippen MR) is 73.7 cm³/mol. The molecule has 0 fully saturated rings. The van der Waals surface area contributed by atoms with E-state index in [9.17, 15) is 4.79 Å². The zero-order valence-corrected chi connectivity index (χ0v) is 11.0. The van der Waals surface area contributed by atoms with Gasteiger partial charge in [-0.2, -0.15) is 0 Å². The Balaban J connectivity index is 2.31. The van der Waals surface area contributed by atoms with E-state index in [4.69, 9.17) is 22.1 Å². The van der Waals surface area contributed by atoms with Crippen LogP contribution in [-0.4, -0.2) is 13.1 Å². The molecule has 0 saturated carbocycles. The summed E-state index contributed by atoms with van der Waals surface area (Å²) in [4.78, 5) is 11.4. The minimum Gasteiger partial charge on any atom is -0.465 e. The third-order valence-corrected chi connectivity index (χ3v) is 2.69. The van der Waals surface area contributed by atoms with Gasteiger partial charge in [0.05, 0.1) is 18.4 Å². The average Bonchev–Trinajstić information content (AvgIpc) is 2.40. The molecule has 0 amide bonds. The summed E-state index contributed by atoms with van der Waals surface area (Å²) in [6, 6.07) is 11.6. The highest BCUT2D eigenvalue weighted by Gasteiger charge is 2.10. The van der Waals surface area contributed by atoms with E-state index < -0.39 is 5.97 Å². The summed E-state index contributed by atoms with van der Waals surface area (Å²) < 4.78 is 10.3. The van der Waals surface area contributed by atoms with Gasteiger partial charge < -0.3 is 15.2 Å². The topological polar surface area (TPSA) is 61.5 Å². The molecule has 0 aliphatic heterocycles. The molecule has 19 heavy (non-hydrogen) atoms. The number of methoxy groups -OCH3 is 1. The van der Waals surface area contributed by atoms with E-state index in [2.05, 4.69) is 4.74 Å².